The Labute approximate surface area is 101 Å². The summed E-state index contributed by atoms with van der Waals surface area (Å²) in [6.07, 6.45) is 0.766. The van der Waals surface area contributed by atoms with Crippen LogP contribution in [0.2, 0.25) is 0 Å². The summed E-state index contributed by atoms with van der Waals surface area (Å²) in [7, 11) is 3.85. The van der Waals surface area contributed by atoms with Gasteiger partial charge in [0.05, 0.1) is 0 Å². The molecule has 1 nitrogen and oxygen atoms in total. The number of hydrogen-bond acceptors (Lipinski definition) is 3. The van der Waals surface area contributed by atoms with E-state index in [1.165, 1.54) is 6.07 Å². The van der Waals surface area contributed by atoms with E-state index >= 15 is 0 Å². The van der Waals surface area contributed by atoms with Crippen molar-refractivity contribution in [3.05, 3.63) is 22.1 Å². The predicted molar refractivity (Wildman–Crippen MR) is 55.4 cm³/mol. The first-order valence-corrected chi connectivity index (χ1v) is 5.81. The molecule has 0 aliphatic carbocycles. The van der Waals surface area contributed by atoms with Gasteiger partial charge in [-0.1, -0.05) is 0 Å². The topological polar surface area (TPSA) is 9.23 Å². The molecule has 0 fully saturated rings. The van der Waals surface area contributed by atoms with Gasteiger partial charge in [-0.15, -0.1) is 0 Å². The third-order valence-corrected chi connectivity index (χ3v) is 2.70. The van der Waals surface area contributed by atoms with E-state index in [1.807, 2.05) is 0 Å². The van der Waals surface area contributed by atoms with Crippen LogP contribution in [0.1, 0.15) is 4.88 Å². The van der Waals surface area contributed by atoms with Gasteiger partial charge >= 0.3 is 73.9 Å². The van der Waals surface area contributed by atoms with Crippen molar-refractivity contribution < 1.29 is 8.57 Å². The third-order valence-electron chi connectivity index (χ3n) is 1.13. The Morgan fingerprint density at radius 1 is 1.58 bits per heavy atom. The molecule has 0 N–H and O–H groups in total. The number of thiol groups is 1. The van der Waals surface area contributed by atoms with Gasteiger partial charge < -0.3 is 0 Å². The number of hydrogen-bond donors (Lipinski definition) is 0. The molecule has 0 bridgehead atoms. The van der Waals surface area contributed by atoms with Crippen LogP contribution in [0.4, 0.5) is 4.39 Å². The van der Waals surface area contributed by atoms with Crippen molar-refractivity contribution >= 4 is 57.5 Å². The molecular weight excluding hydrogens is 407 g/mol. The first kappa shape index (κ1) is 13.3. The largest absolute Gasteiger partial charge is 0 e. The minimum atomic E-state index is -0.136. The van der Waals surface area contributed by atoms with Crippen LogP contribution >= 0.6 is 19.2 Å². The Kier molecular flexibility index (Phi) is 8.50. The van der Waals surface area contributed by atoms with Gasteiger partial charge in [0.15, 0.2) is 0 Å². The summed E-state index contributed by atoms with van der Waals surface area (Å²) in [6, 6.07) is 3.25. The van der Waals surface area contributed by atoms with Crippen molar-refractivity contribution in [2.45, 2.75) is 6.42 Å². The van der Waals surface area contributed by atoms with E-state index in [9.17, 15) is 4.39 Å². The van der Waals surface area contributed by atoms with Crippen molar-refractivity contribution in [1.29, 1.82) is 0 Å². The normalized spacial score (nSPS) is 9.33. The van der Waals surface area contributed by atoms with Crippen molar-refractivity contribution in [2.75, 3.05) is 6.61 Å². The molecule has 6 heteroatoms. The van der Waals surface area contributed by atoms with Gasteiger partial charge in [-0.05, 0) is 0 Å². The summed E-state index contributed by atoms with van der Waals surface area (Å²) in [6.45, 7) is 0.602. The van der Waals surface area contributed by atoms with E-state index in [2.05, 4.69) is 7.81 Å². The second-order valence-electron chi connectivity index (χ2n) is 1.87. The molecule has 1 heterocycles. The maximum absolute atomic E-state index is 12.4. The second-order valence-corrected chi connectivity index (χ2v) is 3.90. The Bertz CT molecular complexity index is 273. The molecule has 1 aromatic rings. The average molecular weight is 414 g/mol. The molecule has 0 saturated heterocycles. The van der Waals surface area contributed by atoms with Crippen LogP contribution in [0.15, 0.2) is 12.1 Å². The van der Waals surface area contributed by atoms with Crippen molar-refractivity contribution in [3.63, 3.8) is 0 Å². The Morgan fingerprint density at radius 2 is 2.33 bits per heavy atom. The molecule has 1 radical (unpaired) electrons. The number of rotatable bonds is 3. The number of thiophene rings is 1. The quantitative estimate of drug-likeness (QED) is 0.243. The maximum Gasteiger partial charge on any atom is 0 e. The molecule has 0 unspecified atom stereocenters. The maximum atomic E-state index is 12.4. The van der Waals surface area contributed by atoms with Crippen molar-refractivity contribution in [3.8, 4) is 0 Å². The van der Waals surface area contributed by atoms with E-state index in [1.54, 1.807) is 6.07 Å². The third kappa shape index (κ3) is 5.12. The minimum Gasteiger partial charge on any atom is 0 e. The molecule has 0 aliphatic rings. The Morgan fingerprint density at radius 3 is 2.83 bits per heavy atom. The van der Waals surface area contributed by atoms with Crippen LogP contribution in [0, 0.1) is 5.13 Å². The first-order chi connectivity index (χ1) is 5.33. The van der Waals surface area contributed by atoms with Crippen LogP contribution in [0.5, 0.6) is 0 Å². The van der Waals surface area contributed by atoms with Crippen LogP contribution in [-0.2, 0) is 21.6 Å². The van der Waals surface area contributed by atoms with Crippen LogP contribution in [0.3, 0.4) is 0 Å². The Hall–Kier alpha value is 1.29. The van der Waals surface area contributed by atoms with Crippen molar-refractivity contribution in [1.82, 2.24) is 0 Å². The molecule has 0 amide bonds. The molecule has 65 valence electrons. The van der Waals surface area contributed by atoms with Gasteiger partial charge in [0.1, 0.15) is 0 Å². The minimum absolute atomic E-state index is 0. The molecule has 0 aromatic carbocycles. The summed E-state index contributed by atoms with van der Waals surface area (Å²) in [5.74, 6) is 0. The van der Waals surface area contributed by atoms with E-state index < -0.39 is 0 Å². The van der Waals surface area contributed by atoms with Crippen molar-refractivity contribution in [2.24, 2.45) is 0 Å². The SMILES string of the molecule is Fc1ccc(CCO[SH-]#P)s1.[Tl]. The Balaban J connectivity index is 0.00000121. The molecule has 0 aliphatic heterocycles. The molecule has 1 rings (SSSR count). The fraction of sp³-hybridized carbons (Fsp3) is 0.333. The van der Waals surface area contributed by atoms with Gasteiger partial charge in [0, 0.05) is 27.3 Å². The van der Waals surface area contributed by atoms with E-state index in [-0.39, 0.29) is 32.4 Å². The van der Waals surface area contributed by atoms with Gasteiger partial charge in [0.2, 0.25) is 0 Å². The fourth-order valence-electron chi connectivity index (χ4n) is 0.673. The summed E-state index contributed by atoms with van der Waals surface area (Å²) in [5, 5.41) is -0.136. The monoisotopic (exact) mass is 414 g/mol. The zero-order valence-corrected chi connectivity index (χ0v) is 13.3. The zero-order valence-electron chi connectivity index (χ0n) is 6.24. The van der Waals surface area contributed by atoms with Gasteiger partial charge in [-0.2, -0.15) is 0 Å². The first-order valence-electron chi connectivity index (χ1n) is 3.03. The summed E-state index contributed by atoms with van der Waals surface area (Å²) in [5.41, 5.74) is 0. The van der Waals surface area contributed by atoms with Gasteiger partial charge in [-0.3, -0.25) is 0 Å². The van der Waals surface area contributed by atoms with E-state index in [0.717, 1.165) is 22.6 Å². The molecule has 0 atom stereocenters. The van der Waals surface area contributed by atoms with Gasteiger partial charge in [0.25, 0.3) is 0 Å². The summed E-state index contributed by atoms with van der Waals surface area (Å²) in [4.78, 5) is 1.01. The molecule has 12 heavy (non-hydrogen) atoms. The van der Waals surface area contributed by atoms with Crippen LogP contribution in [-0.4, -0.2) is 33.9 Å². The predicted octanol–water partition coefficient (Wildman–Crippen LogP) is 2.12. The van der Waals surface area contributed by atoms with E-state index in [0.29, 0.717) is 17.6 Å². The van der Waals surface area contributed by atoms with E-state index in [4.69, 9.17) is 4.18 Å². The standard InChI is InChI=1S/C6H7FOPS2.Tl/c7-6-2-1-5(10-6)3-4-8-11-9;/h1-2,11H,3-4H2;/q-1;. The smallest absolute Gasteiger partial charge is 0 e. The summed E-state index contributed by atoms with van der Waals surface area (Å²) >= 11 is 1.79. The molecule has 0 spiro atoms. The van der Waals surface area contributed by atoms with Crippen LogP contribution in [0.25, 0.3) is 0 Å². The van der Waals surface area contributed by atoms with Crippen LogP contribution < -0.4 is 0 Å². The molecular formula is C6H7FOPS2Tl-. The summed E-state index contributed by atoms with van der Waals surface area (Å²) < 4.78 is 17.4. The average Bonchev–Trinajstić information content (AvgIpc) is 2.37. The molecule has 1 aromatic heterocycles. The molecule has 0 saturated carbocycles. The fourth-order valence-corrected chi connectivity index (χ4v) is 1.80. The zero-order chi connectivity index (χ0) is 8.10. The number of halogens is 1. The van der Waals surface area contributed by atoms with Gasteiger partial charge in [-0.25, -0.2) is 0 Å². The second kappa shape index (κ2) is 7.67.